The molecule has 5 rings (SSSR count). The van der Waals surface area contributed by atoms with Crippen LogP contribution in [0.2, 0.25) is 0 Å². The van der Waals surface area contributed by atoms with Crippen molar-refractivity contribution in [3.8, 4) is 5.75 Å². The topological polar surface area (TPSA) is 89.1 Å². The average molecular weight is 541 g/mol. The van der Waals surface area contributed by atoms with Crippen molar-refractivity contribution < 1.29 is 28.2 Å². The van der Waals surface area contributed by atoms with Crippen LogP contribution in [-0.2, 0) is 11.3 Å². The maximum absolute atomic E-state index is 13.4. The number of alkyl halides is 2. The number of piperidine rings is 1. The number of aromatic carboxylic acids is 1. The van der Waals surface area contributed by atoms with E-state index in [1.54, 1.807) is 29.0 Å². The van der Waals surface area contributed by atoms with E-state index in [0.717, 1.165) is 46.2 Å². The highest BCUT2D eigenvalue weighted by Gasteiger charge is 2.33. The Labute approximate surface area is 226 Å². The number of ether oxygens (including phenoxy) is 1. The van der Waals surface area contributed by atoms with Crippen molar-refractivity contribution in [1.82, 2.24) is 14.8 Å². The minimum absolute atomic E-state index is 0.0648. The first-order chi connectivity index (χ1) is 18.8. The Balaban J connectivity index is 1.55. The zero-order valence-corrected chi connectivity index (χ0v) is 22.3. The number of benzene rings is 2. The minimum Gasteiger partial charge on any atom is -0.496 e. The Morgan fingerprint density at radius 1 is 1.18 bits per heavy atom. The number of hydrogen-bond acceptors (Lipinski definition) is 5. The van der Waals surface area contributed by atoms with Crippen LogP contribution in [0.5, 0.6) is 5.75 Å². The third-order valence-electron chi connectivity index (χ3n) is 7.92. The summed E-state index contributed by atoms with van der Waals surface area (Å²) in [6.07, 6.45) is 1.39. The second kappa shape index (κ2) is 11.3. The van der Waals surface area contributed by atoms with Crippen molar-refractivity contribution in [3.63, 3.8) is 0 Å². The Kier molecular flexibility index (Phi) is 7.86. The fourth-order valence-corrected chi connectivity index (χ4v) is 5.95. The van der Waals surface area contributed by atoms with Crippen LogP contribution in [0.3, 0.4) is 0 Å². The van der Waals surface area contributed by atoms with Crippen LogP contribution in [0.25, 0.3) is 10.9 Å². The van der Waals surface area contributed by atoms with Crippen LogP contribution in [0.1, 0.15) is 52.4 Å². The third kappa shape index (κ3) is 5.49. The maximum atomic E-state index is 13.4. The second-order valence-corrected chi connectivity index (χ2v) is 10.4. The van der Waals surface area contributed by atoms with Crippen LogP contribution in [0, 0.1) is 6.92 Å². The first kappa shape index (κ1) is 27.1. The highest BCUT2D eigenvalue weighted by molar-refractivity contribution is 6.02. The molecule has 8 nitrogen and oxygen atoms in total. The molecule has 0 saturated carbocycles. The molecule has 10 heteroatoms. The number of carbonyl (C=O) groups is 2. The van der Waals surface area contributed by atoms with Crippen molar-refractivity contribution in [2.24, 2.45) is 0 Å². The molecule has 39 heavy (non-hydrogen) atoms. The van der Waals surface area contributed by atoms with Gasteiger partial charge in [-0.1, -0.05) is 6.07 Å². The number of anilines is 1. The largest absolute Gasteiger partial charge is 0.496 e. The number of carbonyl (C=O) groups excluding carboxylic acids is 1. The Hall–Kier alpha value is -3.50. The number of H-pyrrole nitrogens is 1. The number of nitrogens with one attached hydrogen (secondary N) is 1. The fourth-order valence-electron chi connectivity index (χ4n) is 5.95. The minimum atomic E-state index is -2.45. The first-order valence-corrected chi connectivity index (χ1v) is 13.3. The lowest BCUT2D eigenvalue weighted by molar-refractivity contribution is -0.119. The number of fused-ring (bicyclic) bond motifs is 1. The molecule has 2 aliphatic rings. The quantitative estimate of drug-likeness (QED) is 0.426. The van der Waals surface area contributed by atoms with Crippen LogP contribution >= 0.6 is 0 Å². The summed E-state index contributed by atoms with van der Waals surface area (Å²) >= 11 is 0. The van der Waals surface area contributed by atoms with Gasteiger partial charge in [0.2, 0.25) is 5.91 Å². The molecule has 2 fully saturated rings. The highest BCUT2D eigenvalue weighted by atomic mass is 19.3. The number of carboxylic acid groups (broad SMARTS) is 1. The van der Waals surface area contributed by atoms with E-state index in [4.69, 9.17) is 4.74 Å². The number of aromatic amines is 1. The Bertz CT molecular complexity index is 1370. The molecule has 1 atom stereocenters. The Morgan fingerprint density at radius 3 is 2.72 bits per heavy atom. The standard InChI is InChI=1S/C29H34F2N4O4/c1-18-13-25(39-2)22(20-8-9-32-28(18)20)15-34-12-11-33(17-26(30)31)16-24(34)19-6-7-21(29(37)38)23(14-19)35-10-4-3-5-27(35)36/h6-9,13-14,24,26,32H,3-5,10-12,15-17H2,1-2H3,(H,37,38)/t24-/m1/s1. The molecule has 1 amide bonds. The lowest BCUT2D eigenvalue weighted by Crippen LogP contribution is -2.49. The van der Waals surface area contributed by atoms with E-state index in [1.165, 1.54) is 6.07 Å². The van der Waals surface area contributed by atoms with E-state index in [9.17, 15) is 23.5 Å². The van der Waals surface area contributed by atoms with Gasteiger partial charge in [-0.15, -0.1) is 0 Å². The number of aromatic nitrogens is 1. The summed E-state index contributed by atoms with van der Waals surface area (Å²) in [6, 6.07) is 8.79. The van der Waals surface area contributed by atoms with Crippen molar-refractivity contribution in [3.05, 3.63) is 58.8 Å². The van der Waals surface area contributed by atoms with Gasteiger partial charge in [-0.25, -0.2) is 13.6 Å². The molecule has 208 valence electrons. The lowest BCUT2D eigenvalue weighted by atomic mass is 9.96. The van der Waals surface area contributed by atoms with E-state index < -0.39 is 12.4 Å². The Morgan fingerprint density at radius 2 is 2.00 bits per heavy atom. The van der Waals surface area contributed by atoms with Crippen LogP contribution in [0.4, 0.5) is 14.5 Å². The van der Waals surface area contributed by atoms with E-state index in [-0.39, 0.29) is 24.1 Å². The van der Waals surface area contributed by atoms with E-state index in [2.05, 4.69) is 9.88 Å². The summed E-state index contributed by atoms with van der Waals surface area (Å²) < 4.78 is 32.5. The smallest absolute Gasteiger partial charge is 0.337 e. The van der Waals surface area contributed by atoms with Gasteiger partial charge in [-0.05, 0) is 55.2 Å². The number of hydrogen-bond donors (Lipinski definition) is 2. The van der Waals surface area contributed by atoms with Gasteiger partial charge in [0.1, 0.15) is 5.75 Å². The normalized spacial score (nSPS) is 19.3. The van der Waals surface area contributed by atoms with Crippen LogP contribution < -0.4 is 9.64 Å². The zero-order valence-electron chi connectivity index (χ0n) is 22.3. The molecular formula is C29H34F2N4O4. The molecule has 0 bridgehead atoms. The molecule has 1 aromatic heterocycles. The van der Waals surface area contributed by atoms with E-state index in [1.807, 2.05) is 25.3 Å². The summed E-state index contributed by atoms with van der Waals surface area (Å²) in [4.78, 5) is 33.7. The van der Waals surface area contributed by atoms with Crippen molar-refractivity contribution in [2.45, 2.75) is 45.2 Å². The highest BCUT2D eigenvalue weighted by Crippen LogP contribution is 2.37. The monoisotopic (exact) mass is 540 g/mol. The number of nitrogens with zero attached hydrogens (tertiary/aromatic N) is 3. The lowest BCUT2D eigenvalue weighted by Gasteiger charge is -2.42. The molecule has 2 N–H and O–H groups in total. The summed E-state index contributed by atoms with van der Waals surface area (Å²) in [5.74, 6) is -0.442. The summed E-state index contributed by atoms with van der Waals surface area (Å²) in [7, 11) is 1.64. The van der Waals surface area contributed by atoms with Crippen molar-refractivity contribution in [1.29, 1.82) is 0 Å². The number of aryl methyl sites for hydroxylation is 1. The predicted molar refractivity (Wildman–Crippen MR) is 145 cm³/mol. The molecule has 2 saturated heterocycles. The zero-order chi connectivity index (χ0) is 27.7. The van der Waals surface area contributed by atoms with Gasteiger partial charge in [-0.2, -0.15) is 0 Å². The predicted octanol–water partition coefficient (Wildman–Crippen LogP) is 4.82. The van der Waals surface area contributed by atoms with Gasteiger partial charge in [0.25, 0.3) is 6.43 Å². The second-order valence-electron chi connectivity index (χ2n) is 10.4. The molecule has 3 aromatic rings. The fraction of sp³-hybridized carbons (Fsp3) is 0.448. The van der Waals surface area contributed by atoms with Gasteiger partial charge in [0, 0.05) is 67.8 Å². The molecule has 2 aromatic carbocycles. The van der Waals surface area contributed by atoms with Crippen LogP contribution in [-0.4, -0.2) is 78.0 Å². The summed E-state index contributed by atoms with van der Waals surface area (Å²) in [6.45, 7) is 4.04. The third-order valence-corrected chi connectivity index (χ3v) is 7.92. The van der Waals surface area contributed by atoms with Gasteiger partial charge in [-0.3, -0.25) is 14.6 Å². The maximum Gasteiger partial charge on any atom is 0.337 e. The van der Waals surface area contributed by atoms with Gasteiger partial charge in [0.15, 0.2) is 0 Å². The molecule has 0 unspecified atom stereocenters. The van der Waals surface area contributed by atoms with E-state index in [0.29, 0.717) is 44.8 Å². The average Bonchev–Trinajstić information content (AvgIpc) is 3.41. The van der Waals surface area contributed by atoms with Gasteiger partial charge < -0.3 is 19.7 Å². The number of piperazine rings is 1. The molecule has 2 aliphatic heterocycles. The number of methoxy groups -OCH3 is 1. The van der Waals surface area contributed by atoms with E-state index >= 15 is 0 Å². The number of amides is 1. The summed E-state index contributed by atoms with van der Waals surface area (Å²) in [5.41, 5.74) is 4.32. The molecule has 0 spiro atoms. The number of halogens is 2. The molecule has 0 aliphatic carbocycles. The van der Waals surface area contributed by atoms with Crippen molar-refractivity contribution in [2.75, 3.05) is 44.7 Å². The first-order valence-electron chi connectivity index (χ1n) is 13.3. The molecular weight excluding hydrogens is 506 g/mol. The number of carboxylic acids is 1. The van der Waals surface area contributed by atoms with Crippen LogP contribution in [0.15, 0.2) is 36.5 Å². The molecule has 3 heterocycles. The summed E-state index contributed by atoms with van der Waals surface area (Å²) in [5, 5.41) is 10.9. The number of rotatable bonds is 8. The van der Waals surface area contributed by atoms with Gasteiger partial charge in [0.05, 0.1) is 24.9 Å². The van der Waals surface area contributed by atoms with Gasteiger partial charge >= 0.3 is 5.97 Å². The SMILES string of the molecule is COc1cc(C)c2[nH]ccc2c1CN1CCN(CC(F)F)C[C@@H]1c1ccc(C(=O)O)c(N2CCCCC2=O)c1. The van der Waals surface area contributed by atoms with Crippen molar-refractivity contribution >= 4 is 28.5 Å². The molecule has 0 radical (unpaired) electrons.